The number of carbonyl (C=O) groups is 1. The van der Waals surface area contributed by atoms with Crippen molar-refractivity contribution >= 4 is 50.7 Å². The molecule has 3 rings (SSSR count). The number of halogens is 4. The number of nitrogens with one attached hydrogen (secondary N) is 2. The highest BCUT2D eigenvalue weighted by Gasteiger charge is 2.33. The highest BCUT2D eigenvalue weighted by molar-refractivity contribution is 7.99. The number of thioether (sulfide) groups is 1. The van der Waals surface area contributed by atoms with Crippen molar-refractivity contribution in [2.45, 2.75) is 30.7 Å². The second-order valence-electron chi connectivity index (χ2n) is 7.86. The van der Waals surface area contributed by atoms with Crippen LogP contribution in [0.5, 0.6) is 0 Å². The van der Waals surface area contributed by atoms with E-state index in [-0.39, 0.29) is 22.2 Å². The van der Waals surface area contributed by atoms with Gasteiger partial charge in [-0.05, 0) is 61.9 Å². The molecule has 0 aliphatic heterocycles. The molecular weight excluding hydrogens is 521 g/mol. The van der Waals surface area contributed by atoms with E-state index < -0.39 is 26.8 Å². The SMILES string of the molecule is Cc1cc(C)cc(CSCC(=O)Nc2ccc(S(=O)(=O)Nc3ccc(Cl)c(C(F)(F)F)c3)cc2)c1. The maximum Gasteiger partial charge on any atom is 0.417 e. The van der Waals surface area contributed by atoms with Crippen LogP contribution in [0.1, 0.15) is 22.3 Å². The Balaban J connectivity index is 1.59. The fourth-order valence-electron chi connectivity index (χ4n) is 3.35. The van der Waals surface area contributed by atoms with Gasteiger partial charge in [0.25, 0.3) is 10.0 Å². The molecule has 0 aliphatic carbocycles. The zero-order valence-corrected chi connectivity index (χ0v) is 21.1. The summed E-state index contributed by atoms with van der Waals surface area (Å²) in [6.45, 7) is 4.03. The van der Waals surface area contributed by atoms with Gasteiger partial charge in [0.2, 0.25) is 5.91 Å². The van der Waals surface area contributed by atoms with Crippen LogP contribution < -0.4 is 10.0 Å². The maximum atomic E-state index is 13.0. The molecule has 0 aliphatic rings. The molecule has 5 nitrogen and oxygen atoms in total. The lowest BCUT2D eigenvalue weighted by Gasteiger charge is -2.13. The van der Waals surface area contributed by atoms with Gasteiger partial charge in [-0.25, -0.2) is 8.42 Å². The number of sulfonamides is 1. The molecule has 0 atom stereocenters. The van der Waals surface area contributed by atoms with Crippen molar-refractivity contribution < 1.29 is 26.4 Å². The van der Waals surface area contributed by atoms with Gasteiger partial charge in [0, 0.05) is 17.1 Å². The summed E-state index contributed by atoms with van der Waals surface area (Å²) in [7, 11) is -4.16. The lowest BCUT2D eigenvalue weighted by atomic mass is 10.1. The summed E-state index contributed by atoms with van der Waals surface area (Å²) in [6, 6.07) is 14.3. The fraction of sp³-hybridized carbons (Fsp3) is 0.208. The van der Waals surface area contributed by atoms with Crippen molar-refractivity contribution in [3.8, 4) is 0 Å². The predicted molar refractivity (Wildman–Crippen MR) is 134 cm³/mol. The number of benzene rings is 3. The third kappa shape index (κ3) is 7.65. The minimum absolute atomic E-state index is 0.178. The Bertz CT molecular complexity index is 1310. The molecule has 1 amide bonds. The Morgan fingerprint density at radius 2 is 1.54 bits per heavy atom. The quantitative estimate of drug-likeness (QED) is 0.334. The first-order chi connectivity index (χ1) is 16.3. The second kappa shape index (κ2) is 10.9. The zero-order valence-electron chi connectivity index (χ0n) is 18.7. The summed E-state index contributed by atoms with van der Waals surface area (Å²) in [5.41, 5.74) is 2.42. The third-order valence-corrected chi connectivity index (χ3v) is 7.49. The molecule has 0 heterocycles. The summed E-state index contributed by atoms with van der Waals surface area (Å²) < 4.78 is 66.4. The Kier molecular flexibility index (Phi) is 8.40. The summed E-state index contributed by atoms with van der Waals surface area (Å²) in [4.78, 5) is 12.1. The maximum absolute atomic E-state index is 13.0. The van der Waals surface area contributed by atoms with Gasteiger partial charge in [0.15, 0.2) is 0 Å². The molecule has 0 bridgehead atoms. The number of hydrogen-bond donors (Lipinski definition) is 2. The van der Waals surface area contributed by atoms with Crippen molar-refractivity contribution in [3.63, 3.8) is 0 Å². The van der Waals surface area contributed by atoms with Crippen LogP contribution in [-0.4, -0.2) is 20.1 Å². The molecule has 11 heteroatoms. The Morgan fingerprint density at radius 3 is 2.14 bits per heavy atom. The van der Waals surface area contributed by atoms with Crippen LogP contribution in [0.4, 0.5) is 24.5 Å². The molecule has 0 saturated heterocycles. The van der Waals surface area contributed by atoms with Gasteiger partial charge in [-0.15, -0.1) is 11.8 Å². The van der Waals surface area contributed by atoms with Crippen molar-refractivity contribution in [2.75, 3.05) is 15.8 Å². The van der Waals surface area contributed by atoms with Crippen LogP contribution in [-0.2, 0) is 26.7 Å². The lowest BCUT2D eigenvalue weighted by molar-refractivity contribution is -0.137. The minimum Gasteiger partial charge on any atom is -0.325 e. The van der Waals surface area contributed by atoms with E-state index in [0.717, 1.165) is 28.8 Å². The molecular formula is C24H22ClF3N2O3S2. The first-order valence-corrected chi connectivity index (χ1v) is 13.3. The van der Waals surface area contributed by atoms with Crippen molar-refractivity contribution in [2.24, 2.45) is 0 Å². The number of hydrogen-bond acceptors (Lipinski definition) is 4. The lowest BCUT2D eigenvalue weighted by Crippen LogP contribution is -2.16. The van der Waals surface area contributed by atoms with Crippen LogP contribution in [0.25, 0.3) is 0 Å². The predicted octanol–water partition coefficient (Wildman–Crippen LogP) is 6.65. The third-order valence-electron chi connectivity index (χ3n) is 4.76. The van der Waals surface area contributed by atoms with Crippen LogP contribution in [0.15, 0.2) is 65.6 Å². The van der Waals surface area contributed by atoms with Gasteiger partial charge in [0.05, 0.1) is 21.2 Å². The van der Waals surface area contributed by atoms with Gasteiger partial charge < -0.3 is 5.32 Å². The van der Waals surface area contributed by atoms with E-state index in [1.54, 1.807) is 0 Å². The van der Waals surface area contributed by atoms with E-state index in [2.05, 4.69) is 28.2 Å². The fourth-order valence-corrected chi connectivity index (χ4v) is 5.38. The molecule has 0 unspecified atom stereocenters. The summed E-state index contributed by atoms with van der Waals surface area (Å²) in [5.74, 6) is 0.653. The number of carbonyl (C=O) groups excluding carboxylic acids is 1. The van der Waals surface area contributed by atoms with Crippen molar-refractivity contribution in [1.29, 1.82) is 0 Å². The molecule has 3 aromatic rings. The number of rotatable bonds is 8. The highest BCUT2D eigenvalue weighted by atomic mass is 35.5. The van der Waals surface area contributed by atoms with Crippen LogP contribution >= 0.6 is 23.4 Å². The van der Waals surface area contributed by atoms with Gasteiger partial charge >= 0.3 is 6.18 Å². The van der Waals surface area contributed by atoms with Crippen LogP contribution in [0.3, 0.4) is 0 Å². The smallest absolute Gasteiger partial charge is 0.325 e. The molecule has 3 aromatic carbocycles. The van der Waals surface area contributed by atoms with Gasteiger partial charge in [-0.1, -0.05) is 40.9 Å². The first-order valence-electron chi connectivity index (χ1n) is 10.3. The van der Waals surface area contributed by atoms with Gasteiger partial charge in [-0.3, -0.25) is 9.52 Å². The molecule has 0 radical (unpaired) electrons. The van der Waals surface area contributed by atoms with Crippen molar-refractivity contribution in [3.05, 3.63) is 87.9 Å². The Labute approximate surface area is 211 Å². The molecule has 0 spiro atoms. The van der Waals surface area contributed by atoms with E-state index in [0.29, 0.717) is 17.5 Å². The zero-order chi connectivity index (χ0) is 25.8. The summed E-state index contributed by atoms with van der Waals surface area (Å²) >= 11 is 7.03. The molecule has 35 heavy (non-hydrogen) atoms. The van der Waals surface area contributed by atoms with Crippen LogP contribution in [0, 0.1) is 13.8 Å². The van der Waals surface area contributed by atoms with E-state index in [9.17, 15) is 26.4 Å². The normalized spacial score (nSPS) is 11.8. The standard InChI is InChI=1S/C24H22ClF3N2O3S2/c1-15-9-16(2)11-17(10-15)13-34-14-23(31)29-18-3-6-20(7-4-18)35(32,33)30-19-5-8-22(25)21(12-19)24(26,27)28/h3-12,30H,13-14H2,1-2H3,(H,29,31). The average Bonchev–Trinajstić information content (AvgIpc) is 2.74. The molecule has 0 saturated carbocycles. The monoisotopic (exact) mass is 542 g/mol. The molecule has 186 valence electrons. The van der Waals surface area contributed by atoms with E-state index >= 15 is 0 Å². The molecule has 0 fully saturated rings. The van der Waals surface area contributed by atoms with Crippen molar-refractivity contribution in [1.82, 2.24) is 0 Å². The number of aryl methyl sites for hydroxylation is 2. The molecule has 2 N–H and O–H groups in total. The Hall–Kier alpha value is -2.69. The first kappa shape index (κ1) is 26.9. The molecule has 0 aromatic heterocycles. The number of alkyl halides is 3. The second-order valence-corrected chi connectivity index (χ2v) is 10.9. The van der Waals surface area contributed by atoms with Crippen LogP contribution in [0.2, 0.25) is 5.02 Å². The summed E-state index contributed by atoms with van der Waals surface area (Å²) in [6.07, 6.45) is -4.73. The topological polar surface area (TPSA) is 75.3 Å². The average molecular weight is 543 g/mol. The van der Waals surface area contributed by atoms with Gasteiger partial charge in [0.1, 0.15) is 0 Å². The van der Waals surface area contributed by atoms with E-state index in [4.69, 9.17) is 11.6 Å². The van der Waals surface area contributed by atoms with E-state index in [1.165, 1.54) is 36.0 Å². The summed E-state index contributed by atoms with van der Waals surface area (Å²) in [5, 5.41) is 2.16. The Morgan fingerprint density at radius 1 is 0.943 bits per heavy atom. The highest BCUT2D eigenvalue weighted by Crippen LogP contribution is 2.36. The van der Waals surface area contributed by atoms with E-state index in [1.807, 2.05) is 13.8 Å². The largest absolute Gasteiger partial charge is 0.417 e. The number of amides is 1. The van der Waals surface area contributed by atoms with Gasteiger partial charge in [-0.2, -0.15) is 13.2 Å². The minimum atomic E-state index is -4.73. The number of anilines is 2.